The van der Waals surface area contributed by atoms with Crippen molar-refractivity contribution in [2.24, 2.45) is 0 Å². The molecule has 0 aromatic rings. The molecule has 0 spiro atoms. The number of hydrogen-bond donors (Lipinski definition) is 1. The van der Waals surface area contributed by atoms with Gasteiger partial charge in [-0.05, 0) is 20.4 Å². The first-order valence-electron chi connectivity index (χ1n) is 5.76. The van der Waals surface area contributed by atoms with Gasteiger partial charge in [-0.3, -0.25) is 9.69 Å². The van der Waals surface area contributed by atoms with Crippen LogP contribution in [0.5, 0.6) is 0 Å². The summed E-state index contributed by atoms with van der Waals surface area (Å²) in [6, 6.07) is 0.843. The number of rotatable bonds is 5. The zero-order valence-corrected chi connectivity index (χ0v) is 10.3. The van der Waals surface area contributed by atoms with Crippen molar-refractivity contribution in [3.8, 4) is 0 Å². The number of amides is 1. The molecule has 1 N–H and O–H groups in total. The Kier molecular flexibility index (Phi) is 4.54. The van der Waals surface area contributed by atoms with Crippen molar-refractivity contribution >= 4 is 5.91 Å². The summed E-state index contributed by atoms with van der Waals surface area (Å²) in [5, 5.41) is 3.23. The van der Waals surface area contributed by atoms with Crippen molar-refractivity contribution in [1.82, 2.24) is 15.1 Å². The molecule has 0 aromatic heterocycles. The molecular formula is C11H23N3O. The maximum absolute atomic E-state index is 11.9. The van der Waals surface area contributed by atoms with Crippen LogP contribution in [0.25, 0.3) is 0 Å². The van der Waals surface area contributed by atoms with Crippen LogP contribution in [-0.2, 0) is 4.79 Å². The Morgan fingerprint density at radius 2 is 2.07 bits per heavy atom. The van der Waals surface area contributed by atoms with Gasteiger partial charge in [0.1, 0.15) is 0 Å². The van der Waals surface area contributed by atoms with Gasteiger partial charge in [0.2, 0.25) is 5.91 Å². The predicted octanol–water partition coefficient (Wildman–Crippen LogP) is 0.147. The summed E-state index contributed by atoms with van der Waals surface area (Å²) in [7, 11) is 1.87. The van der Waals surface area contributed by atoms with Crippen LogP contribution in [0.4, 0.5) is 0 Å². The Labute approximate surface area is 92.6 Å². The predicted molar refractivity (Wildman–Crippen MR) is 61.8 cm³/mol. The van der Waals surface area contributed by atoms with Gasteiger partial charge in [-0.1, -0.05) is 6.92 Å². The summed E-state index contributed by atoms with van der Waals surface area (Å²) in [6.07, 6.45) is 0. The lowest BCUT2D eigenvalue weighted by Crippen LogP contribution is -2.59. The van der Waals surface area contributed by atoms with E-state index in [4.69, 9.17) is 0 Å². The molecule has 1 fully saturated rings. The van der Waals surface area contributed by atoms with E-state index in [1.807, 2.05) is 25.8 Å². The second-order valence-corrected chi connectivity index (χ2v) is 4.47. The molecule has 0 aromatic carbocycles. The fourth-order valence-electron chi connectivity index (χ4n) is 1.60. The van der Waals surface area contributed by atoms with Gasteiger partial charge in [0.25, 0.3) is 0 Å². The van der Waals surface area contributed by atoms with Crippen LogP contribution in [0.2, 0.25) is 0 Å². The first kappa shape index (κ1) is 12.5. The molecule has 1 saturated heterocycles. The van der Waals surface area contributed by atoms with Gasteiger partial charge in [-0.25, -0.2) is 0 Å². The van der Waals surface area contributed by atoms with Gasteiger partial charge >= 0.3 is 0 Å². The van der Waals surface area contributed by atoms with E-state index >= 15 is 0 Å². The highest BCUT2D eigenvalue weighted by atomic mass is 16.2. The minimum Gasteiger partial charge on any atom is -0.342 e. The Hall–Kier alpha value is -0.610. The van der Waals surface area contributed by atoms with Crippen molar-refractivity contribution in [2.45, 2.75) is 32.9 Å². The summed E-state index contributed by atoms with van der Waals surface area (Å²) in [5.41, 5.74) is 0. The molecule has 0 unspecified atom stereocenters. The maximum atomic E-state index is 11.9. The van der Waals surface area contributed by atoms with Crippen LogP contribution < -0.4 is 5.32 Å². The smallest absolute Gasteiger partial charge is 0.236 e. The zero-order valence-electron chi connectivity index (χ0n) is 10.3. The van der Waals surface area contributed by atoms with Crippen molar-refractivity contribution in [3.63, 3.8) is 0 Å². The van der Waals surface area contributed by atoms with E-state index in [9.17, 15) is 4.79 Å². The number of carbonyl (C=O) groups is 1. The number of nitrogens with one attached hydrogen (secondary N) is 1. The molecular weight excluding hydrogens is 190 g/mol. The minimum atomic E-state index is 0.221. The van der Waals surface area contributed by atoms with Crippen molar-refractivity contribution in [2.75, 3.05) is 33.2 Å². The average molecular weight is 213 g/mol. The molecule has 1 heterocycles. The highest BCUT2D eigenvalue weighted by Crippen LogP contribution is 2.05. The monoisotopic (exact) mass is 213 g/mol. The molecule has 0 saturated carbocycles. The lowest BCUT2D eigenvalue weighted by atomic mass is 10.1. The molecule has 0 atom stereocenters. The van der Waals surface area contributed by atoms with Gasteiger partial charge in [0.15, 0.2) is 0 Å². The van der Waals surface area contributed by atoms with Crippen LogP contribution in [0.3, 0.4) is 0 Å². The average Bonchev–Trinajstić information content (AvgIpc) is 2.12. The number of nitrogens with zero attached hydrogens (tertiary/aromatic N) is 2. The highest BCUT2D eigenvalue weighted by Gasteiger charge is 2.26. The van der Waals surface area contributed by atoms with E-state index in [1.54, 1.807) is 0 Å². The fourth-order valence-corrected chi connectivity index (χ4v) is 1.60. The molecule has 4 heteroatoms. The standard InChI is InChI=1S/C11H23N3O/c1-5-14(10-6-12-7-10)8-11(15)13(4)9(2)3/h9-10,12H,5-8H2,1-4H3. The molecule has 4 nitrogen and oxygen atoms in total. The second kappa shape index (κ2) is 5.47. The van der Waals surface area contributed by atoms with Crippen LogP contribution in [0.15, 0.2) is 0 Å². The largest absolute Gasteiger partial charge is 0.342 e. The number of likely N-dealkylation sites (N-methyl/N-ethyl adjacent to an activating group) is 2. The van der Waals surface area contributed by atoms with Crippen LogP contribution >= 0.6 is 0 Å². The van der Waals surface area contributed by atoms with Crippen LogP contribution in [0, 0.1) is 0 Å². The zero-order chi connectivity index (χ0) is 11.4. The van der Waals surface area contributed by atoms with Crippen LogP contribution in [-0.4, -0.2) is 61.0 Å². The minimum absolute atomic E-state index is 0.221. The lowest BCUT2D eigenvalue weighted by Gasteiger charge is -2.38. The third kappa shape index (κ3) is 3.18. The SMILES string of the molecule is CCN(CC(=O)N(C)C(C)C)C1CNC1. The summed E-state index contributed by atoms with van der Waals surface area (Å²) < 4.78 is 0. The van der Waals surface area contributed by atoms with E-state index in [0.717, 1.165) is 19.6 Å². The van der Waals surface area contributed by atoms with Gasteiger partial charge < -0.3 is 10.2 Å². The van der Waals surface area contributed by atoms with Crippen molar-refractivity contribution in [1.29, 1.82) is 0 Å². The van der Waals surface area contributed by atoms with Crippen LogP contribution in [0.1, 0.15) is 20.8 Å². The van der Waals surface area contributed by atoms with Gasteiger partial charge in [0, 0.05) is 32.2 Å². The Balaban J connectivity index is 2.40. The van der Waals surface area contributed by atoms with Gasteiger partial charge in [0.05, 0.1) is 6.54 Å². The third-order valence-corrected chi connectivity index (χ3v) is 3.19. The Morgan fingerprint density at radius 3 is 2.40 bits per heavy atom. The van der Waals surface area contributed by atoms with E-state index in [-0.39, 0.29) is 11.9 Å². The summed E-state index contributed by atoms with van der Waals surface area (Å²) in [4.78, 5) is 15.9. The number of carbonyl (C=O) groups excluding carboxylic acids is 1. The normalized spacial score (nSPS) is 16.9. The Morgan fingerprint density at radius 1 is 1.47 bits per heavy atom. The third-order valence-electron chi connectivity index (χ3n) is 3.19. The van der Waals surface area contributed by atoms with Crippen molar-refractivity contribution < 1.29 is 4.79 Å². The first-order chi connectivity index (χ1) is 7.06. The molecule has 0 radical (unpaired) electrons. The second-order valence-electron chi connectivity index (χ2n) is 4.47. The summed E-state index contributed by atoms with van der Waals surface area (Å²) in [6.45, 7) is 9.74. The topological polar surface area (TPSA) is 35.6 Å². The molecule has 15 heavy (non-hydrogen) atoms. The molecule has 1 amide bonds. The van der Waals surface area contributed by atoms with Crippen molar-refractivity contribution in [3.05, 3.63) is 0 Å². The molecule has 88 valence electrons. The summed E-state index contributed by atoms with van der Waals surface area (Å²) >= 11 is 0. The van der Waals surface area contributed by atoms with E-state index in [0.29, 0.717) is 12.6 Å². The van der Waals surface area contributed by atoms with E-state index in [1.165, 1.54) is 0 Å². The molecule has 1 aliphatic rings. The van der Waals surface area contributed by atoms with E-state index < -0.39 is 0 Å². The summed E-state index contributed by atoms with van der Waals surface area (Å²) in [5.74, 6) is 0.221. The quantitative estimate of drug-likeness (QED) is 0.706. The first-order valence-corrected chi connectivity index (χ1v) is 5.76. The maximum Gasteiger partial charge on any atom is 0.236 e. The Bertz CT molecular complexity index is 214. The molecule has 1 rings (SSSR count). The molecule has 0 bridgehead atoms. The molecule has 0 aliphatic carbocycles. The van der Waals surface area contributed by atoms with Gasteiger partial charge in [-0.2, -0.15) is 0 Å². The lowest BCUT2D eigenvalue weighted by molar-refractivity contribution is -0.133. The highest BCUT2D eigenvalue weighted by molar-refractivity contribution is 5.78. The fraction of sp³-hybridized carbons (Fsp3) is 0.909. The number of hydrogen-bond acceptors (Lipinski definition) is 3. The van der Waals surface area contributed by atoms with E-state index in [2.05, 4.69) is 17.1 Å². The van der Waals surface area contributed by atoms with Gasteiger partial charge in [-0.15, -0.1) is 0 Å². The molecule has 1 aliphatic heterocycles.